The van der Waals surface area contributed by atoms with E-state index < -0.39 is 0 Å². The van der Waals surface area contributed by atoms with Crippen molar-refractivity contribution >= 4 is 22.1 Å². The van der Waals surface area contributed by atoms with Gasteiger partial charge in [0.2, 0.25) is 5.71 Å². The lowest BCUT2D eigenvalue weighted by molar-refractivity contribution is 0.653. The van der Waals surface area contributed by atoms with E-state index in [4.69, 9.17) is 14.4 Å². The van der Waals surface area contributed by atoms with Gasteiger partial charge in [-0.3, -0.25) is 0 Å². The molecule has 286 valence electrons. The van der Waals surface area contributed by atoms with Gasteiger partial charge in [0.25, 0.3) is 0 Å². The van der Waals surface area contributed by atoms with Gasteiger partial charge in [0.15, 0.2) is 5.82 Å². The van der Waals surface area contributed by atoms with Gasteiger partial charge in [-0.25, -0.2) is 4.98 Å². The Bertz CT molecular complexity index is 3350. The Labute approximate surface area is 354 Å². The maximum atomic E-state index is 6.46. The first kappa shape index (κ1) is 36.0. The van der Waals surface area contributed by atoms with E-state index in [-0.39, 0.29) is 0 Å². The second kappa shape index (κ2) is 15.6. The van der Waals surface area contributed by atoms with E-state index in [0.717, 1.165) is 61.0 Å². The van der Waals surface area contributed by atoms with Crippen LogP contribution in [0.15, 0.2) is 235 Å². The van der Waals surface area contributed by atoms with Crippen LogP contribution >= 0.6 is 0 Å². The Morgan fingerprint density at radius 1 is 0.262 bits per heavy atom. The molecule has 11 rings (SSSR count). The van der Waals surface area contributed by atoms with Gasteiger partial charge in [-0.05, 0) is 103 Å². The summed E-state index contributed by atoms with van der Waals surface area (Å²) < 4.78 is 6.46. The van der Waals surface area contributed by atoms with Crippen molar-refractivity contribution in [2.45, 2.75) is 0 Å². The Morgan fingerprint density at radius 3 is 1.13 bits per heavy atom. The van der Waals surface area contributed by atoms with E-state index >= 15 is 0 Å². The number of hydrogen-bond donors (Lipinski definition) is 0. The van der Waals surface area contributed by atoms with Crippen molar-refractivity contribution < 1.29 is 4.42 Å². The Hall–Kier alpha value is -8.14. The molecule has 0 amide bonds. The standard InChI is InChI=1S/C58H38N2O/c1-3-14-39(15-4-1)41-30-32-42(33-31-41)44-19-10-21-46(35-44)50-25-13-27-52(38-50)57-59-56(55-53-28-7-8-29-54(53)61-58(55)60-57)51-26-12-24-49(37-51)48-23-11-22-47(36-48)45-20-9-18-43(34-45)40-16-5-2-6-17-40/h1-38H. The lowest BCUT2D eigenvalue weighted by atomic mass is 9.95. The number of rotatable bonds is 8. The topological polar surface area (TPSA) is 38.9 Å². The highest BCUT2D eigenvalue weighted by Crippen LogP contribution is 2.39. The van der Waals surface area contributed by atoms with E-state index in [1.54, 1.807) is 0 Å². The van der Waals surface area contributed by atoms with Crippen molar-refractivity contribution in [1.82, 2.24) is 9.97 Å². The van der Waals surface area contributed by atoms with Crippen LogP contribution in [-0.2, 0) is 0 Å². The van der Waals surface area contributed by atoms with Gasteiger partial charge in [-0.1, -0.05) is 194 Å². The molecule has 61 heavy (non-hydrogen) atoms. The summed E-state index contributed by atoms with van der Waals surface area (Å²) in [5.41, 5.74) is 18.1. The maximum absolute atomic E-state index is 6.46. The van der Waals surface area contributed by atoms with Gasteiger partial charge in [0.1, 0.15) is 5.58 Å². The van der Waals surface area contributed by atoms with Crippen molar-refractivity contribution in [3.8, 4) is 89.4 Å². The second-order valence-corrected chi connectivity index (χ2v) is 15.4. The molecular weight excluding hydrogens is 741 g/mol. The van der Waals surface area contributed by atoms with Crippen LogP contribution in [-0.4, -0.2) is 9.97 Å². The summed E-state index contributed by atoms with van der Waals surface area (Å²) in [6, 6.07) is 81.4. The molecule has 3 heteroatoms. The number of fused-ring (bicyclic) bond motifs is 3. The highest BCUT2D eigenvalue weighted by molar-refractivity contribution is 6.10. The molecule has 0 bridgehead atoms. The summed E-state index contributed by atoms with van der Waals surface area (Å²) in [5.74, 6) is 0.613. The average Bonchev–Trinajstić information content (AvgIpc) is 3.73. The first-order chi connectivity index (χ1) is 30.2. The molecule has 11 aromatic rings. The molecule has 0 saturated carbocycles. The predicted molar refractivity (Wildman–Crippen MR) is 253 cm³/mol. The van der Waals surface area contributed by atoms with Crippen molar-refractivity contribution in [3.63, 3.8) is 0 Å². The van der Waals surface area contributed by atoms with Gasteiger partial charge < -0.3 is 4.42 Å². The van der Waals surface area contributed by atoms with Crippen LogP contribution in [0.2, 0.25) is 0 Å². The van der Waals surface area contributed by atoms with Gasteiger partial charge in [0, 0.05) is 16.5 Å². The fraction of sp³-hybridized carbons (Fsp3) is 0. The fourth-order valence-corrected chi connectivity index (χ4v) is 8.40. The minimum Gasteiger partial charge on any atom is -0.438 e. The molecule has 9 aromatic carbocycles. The molecule has 2 heterocycles. The molecule has 0 aliphatic rings. The summed E-state index contributed by atoms with van der Waals surface area (Å²) >= 11 is 0. The zero-order valence-electron chi connectivity index (χ0n) is 33.2. The quantitative estimate of drug-likeness (QED) is 0.154. The van der Waals surface area contributed by atoms with Crippen LogP contribution in [0.1, 0.15) is 0 Å². The molecule has 0 N–H and O–H groups in total. The van der Waals surface area contributed by atoms with Crippen molar-refractivity contribution in [1.29, 1.82) is 0 Å². The van der Waals surface area contributed by atoms with Crippen LogP contribution in [0.4, 0.5) is 0 Å². The average molecular weight is 779 g/mol. The smallest absolute Gasteiger partial charge is 0.231 e. The molecule has 3 nitrogen and oxygen atoms in total. The molecule has 0 aliphatic carbocycles. The van der Waals surface area contributed by atoms with Crippen molar-refractivity contribution in [2.75, 3.05) is 0 Å². The summed E-state index contributed by atoms with van der Waals surface area (Å²) in [5, 5.41) is 1.90. The molecule has 0 radical (unpaired) electrons. The van der Waals surface area contributed by atoms with Gasteiger partial charge in [-0.2, -0.15) is 4.98 Å². The molecule has 0 spiro atoms. The fourth-order valence-electron chi connectivity index (χ4n) is 8.40. The number of aromatic nitrogens is 2. The van der Waals surface area contributed by atoms with E-state index in [1.807, 2.05) is 24.3 Å². The largest absolute Gasteiger partial charge is 0.438 e. The Morgan fingerprint density at radius 2 is 0.607 bits per heavy atom. The van der Waals surface area contributed by atoms with Crippen molar-refractivity contribution in [3.05, 3.63) is 231 Å². The Kier molecular flexibility index (Phi) is 9.18. The summed E-state index contributed by atoms with van der Waals surface area (Å²) in [7, 11) is 0. The van der Waals surface area contributed by atoms with E-state index in [9.17, 15) is 0 Å². The molecule has 0 unspecified atom stereocenters. The first-order valence-corrected chi connectivity index (χ1v) is 20.6. The zero-order chi connectivity index (χ0) is 40.5. The van der Waals surface area contributed by atoms with Crippen LogP contribution in [0, 0.1) is 0 Å². The third-order valence-electron chi connectivity index (χ3n) is 11.5. The minimum absolute atomic E-state index is 0.568. The normalized spacial score (nSPS) is 11.3. The lowest BCUT2D eigenvalue weighted by Crippen LogP contribution is -1.94. The number of benzene rings is 9. The number of furan rings is 1. The van der Waals surface area contributed by atoms with E-state index in [1.165, 1.54) is 38.9 Å². The predicted octanol–water partition coefficient (Wildman–Crippen LogP) is 15.7. The highest BCUT2D eigenvalue weighted by Gasteiger charge is 2.19. The minimum atomic E-state index is 0.568. The lowest BCUT2D eigenvalue weighted by Gasteiger charge is -2.11. The van der Waals surface area contributed by atoms with E-state index in [0.29, 0.717) is 11.5 Å². The monoisotopic (exact) mass is 778 g/mol. The maximum Gasteiger partial charge on any atom is 0.231 e. The van der Waals surface area contributed by atoms with E-state index in [2.05, 4.69) is 206 Å². The van der Waals surface area contributed by atoms with Gasteiger partial charge >= 0.3 is 0 Å². The van der Waals surface area contributed by atoms with Gasteiger partial charge in [-0.15, -0.1) is 0 Å². The van der Waals surface area contributed by atoms with Crippen LogP contribution in [0.3, 0.4) is 0 Å². The molecule has 0 fully saturated rings. The molecular formula is C58H38N2O. The van der Waals surface area contributed by atoms with Gasteiger partial charge in [0.05, 0.1) is 11.1 Å². The van der Waals surface area contributed by atoms with Crippen LogP contribution in [0.5, 0.6) is 0 Å². The molecule has 0 aliphatic heterocycles. The molecule has 0 saturated heterocycles. The third-order valence-corrected chi connectivity index (χ3v) is 11.5. The summed E-state index contributed by atoms with van der Waals surface area (Å²) in [6.45, 7) is 0. The Balaban J connectivity index is 0.960. The number of para-hydroxylation sites is 1. The third kappa shape index (κ3) is 7.09. The second-order valence-electron chi connectivity index (χ2n) is 15.4. The highest BCUT2D eigenvalue weighted by atomic mass is 16.3. The number of nitrogens with zero attached hydrogens (tertiary/aromatic N) is 2. The summed E-state index contributed by atoms with van der Waals surface area (Å²) in [4.78, 5) is 10.4. The summed E-state index contributed by atoms with van der Waals surface area (Å²) in [6.07, 6.45) is 0. The number of hydrogen-bond acceptors (Lipinski definition) is 3. The first-order valence-electron chi connectivity index (χ1n) is 20.6. The zero-order valence-corrected chi connectivity index (χ0v) is 33.2. The van der Waals surface area contributed by atoms with Crippen LogP contribution in [0.25, 0.3) is 111 Å². The van der Waals surface area contributed by atoms with Crippen molar-refractivity contribution in [2.24, 2.45) is 0 Å². The molecule has 2 aromatic heterocycles. The SMILES string of the molecule is c1ccc(-c2ccc(-c3cccc(-c4cccc(-c5nc(-c6cccc(-c7cccc(-c8cccc(-c9ccccc9)c8)c7)c6)c6c(n5)oc5ccccc56)c4)c3)cc2)cc1. The van der Waals surface area contributed by atoms with Crippen LogP contribution < -0.4 is 0 Å². The molecule has 0 atom stereocenters.